The molecule has 0 fully saturated rings. The maximum atomic E-state index is 15.4. The average molecular weight is 361 g/mol. The molecule has 4 aromatic rings. The van der Waals surface area contributed by atoms with Crippen LogP contribution >= 0.6 is 11.6 Å². The highest BCUT2D eigenvalue weighted by atomic mass is 35.5. The van der Waals surface area contributed by atoms with Crippen LogP contribution in [-0.2, 0) is 0 Å². The van der Waals surface area contributed by atoms with Crippen molar-refractivity contribution in [3.05, 3.63) is 34.3 Å². The van der Waals surface area contributed by atoms with Crippen LogP contribution in [0, 0.1) is 26.6 Å². The molecule has 0 radical (unpaired) electrons. The van der Waals surface area contributed by atoms with Gasteiger partial charge in [-0.2, -0.15) is 0 Å². The number of methoxy groups -OCH3 is 1. The number of ether oxygens (including phenoxy) is 1. The third kappa shape index (κ3) is 2.19. The Kier molecular flexibility index (Phi) is 3.43. The van der Waals surface area contributed by atoms with Crippen LogP contribution in [-0.4, -0.2) is 27.2 Å². The van der Waals surface area contributed by atoms with Crippen molar-refractivity contribution < 1.29 is 13.7 Å². The number of aromatic amines is 1. The topological polar surface area (TPSA) is 76.8 Å². The molecule has 0 aliphatic heterocycles. The van der Waals surface area contributed by atoms with Crippen molar-refractivity contribution in [2.75, 3.05) is 7.11 Å². The van der Waals surface area contributed by atoms with E-state index in [1.807, 2.05) is 0 Å². The second-order valence-electron chi connectivity index (χ2n) is 5.80. The predicted molar refractivity (Wildman–Crippen MR) is 92.6 cm³/mol. The maximum Gasteiger partial charge on any atom is 0.159 e. The quantitative estimate of drug-likeness (QED) is 0.533. The molecule has 6 nitrogen and oxygen atoms in total. The summed E-state index contributed by atoms with van der Waals surface area (Å²) in [7, 11) is 1.49. The number of nitrogens with one attached hydrogen (secondary N) is 1. The fourth-order valence-electron chi connectivity index (χ4n) is 3.17. The number of rotatable bonds is 2. The Morgan fingerprint density at radius 3 is 2.60 bits per heavy atom. The zero-order chi connectivity index (χ0) is 17.9. The summed E-state index contributed by atoms with van der Waals surface area (Å²) in [4.78, 5) is 11.5. The first-order valence-corrected chi connectivity index (χ1v) is 7.95. The Balaban J connectivity index is 2.18. The third-order valence-electron chi connectivity index (χ3n) is 4.22. The van der Waals surface area contributed by atoms with E-state index in [1.54, 1.807) is 26.8 Å². The third-order valence-corrected chi connectivity index (χ3v) is 4.50. The summed E-state index contributed by atoms with van der Waals surface area (Å²) in [6.07, 6.45) is 0. The fourth-order valence-corrected chi connectivity index (χ4v) is 3.48. The van der Waals surface area contributed by atoms with Crippen LogP contribution in [0.1, 0.15) is 17.3 Å². The van der Waals surface area contributed by atoms with Gasteiger partial charge in [0.15, 0.2) is 5.82 Å². The monoisotopic (exact) mass is 360 g/mol. The van der Waals surface area contributed by atoms with E-state index in [4.69, 9.17) is 20.9 Å². The largest absolute Gasteiger partial charge is 0.496 e. The highest BCUT2D eigenvalue weighted by Crippen LogP contribution is 2.42. The van der Waals surface area contributed by atoms with Gasteiger partial charge in [0.05, 0.1) is 34.8 Å². The number of hydrogen-bond donors (Lipinski definition) is 1. The number of nitrogens with zero attached hydrogens (tertiary/aromatic N) is 3. The zero-order valence-corrected chi connectivity index (χ0v) is 14.7. The van der Waals surface area contributed by atoms with Crippen molar-refractivity contribution in [1.82, 2.24) is 20.1 Å². The Morgan fingerprint density at radius 2 is 1.96 bits per heavy atom. The lowest BCUT2D eigenvalue weighted by Gasteiger charge is -2.10. The number of H-pyrrole nitrogens is 1. The molecule has 25 heavy (non-hydrogen) atoms. The molecular formula is C17H14ClFN4O2. The van der Waals surface area contributed by atoms with Crippen molar-refractivity contribution in [2.24, 2.45) is 0 Å². The van der Waals surface area contributed by atoms with Gasteiger partial charge in [-0.15, -0.1) is 0 Å². The lowest BCUT2D eigenvalue weighted by atomic mass is 10.00. The average Bonchev–Trinajstić information content (AvgIpc) is 3.08. The summed E-state index contributed by atoms with van der Waals surface area (Å²) in [5.41, 5.74) is 2.21. The number of fused-ring (bicyclic) bond motifs is 3. The molecule has 1 N–H and O–H groups in total. The molecule has 1 aromatic carbocycles. The molecular weight excluding hydrogens is 347 g/mol. The summed E-state index contributed by atoms with van der Waals surface area (Å²) >= 11 is 6.26. The summed E-state index contributed by atoms with van der Waals surface area (Å²) in [5.74, 6) is 0.897. The second-order valence-corrected chi connectivity index (χ2v) is 6.16. The highest BCUT2D eigenvalue weighted by Gasteiger charge is 2.25. The van der Waals surface area contributed by atoms with Crippen LogP contribution in [0.25, 0.3) is 33.1 Å². The van der Waals surface area contributed by atoms with E-state index in [1.165, 1.54) is 7.11 Å². The maximum absolute atomic E-state index is 15.4. The normalized spacial score (nSPS) is 11.6. The Hall–Kier alpha value is -2.67. The molecule has 4 rings (SSSR count). The Labute approximate surface area is 147 Å². The predicted octanol–water partition coefficient (Wildman–Crippen LogP) is 4.49. The highest BCUT2D eigenvalue weighted by molar-refractivity contribution is 6.36. The molecule has 0 spiro atoms. The standard InChI is InChI=1S/C17H14ClFN4O2/c1-6-11(7(2)25-23-6)13-10(24-4)5-9-12-16(18)20-8(3)21-17(12)22-15(9)14(13)19/h5H,1-4H3,(H,20,21,22). The second kappa shape index (κ2) is 5.42. The molecule has 0 aliphatic rings. The molecule has 0 unspecified atom stereocenters. The van der Waals surface area contributed by atoms with E-state index in [2.05, 4.69) is 20.1 Å². The van der Waals surface area contributed by atoms with E-state index in [-0.39, 0.29) is 10.7 Å². The van der Waals surface area contributed by atoms with E-state index in [0.29, 0.717) is 50.6 Å². The molecule has 0 saturated carbocycles. The first-order valence-electron chi connectivity index (χ1n) is 7.57. The number of hydrogen-bond acceptors (Lipinski definition) is 5. The zero-order valence-electron chi connectivity index (χ0n) is 14.0. The molecule has 8 heteroatoms. The van der Waals surface area contributed by atoms with Gasteiger partial charge in [-0.3, -0.25) is 0 Å². The van der Waals surface area contributed by atoms with E-state index < -0.39 is 5.82 Å². The summed E-state index contributed by atoms with van der Waals surface area (Å²) in [6, 6.07) is 1.73. The Bertz CT molecular complexity index is 1130. The molecule has 128 valence electrons. The van der Waals surface area contributed by atoms with E-state index >= 15 is 4.39 Å². The number of benzene rings is 1. The van der Waals surface area contributed by atoms with Gasteiger partial charge >= 0.3 is 0 Å². The van der Waals surface area contributed by atoms with Crippen molar-refractivity contribution in [2.45, 2.75) is 20.8 Å². The van der Waals surface area contributed by atoms with Gasteiger partial charge in [0.2, 0.25) is 0 Å². The van der Waals surface area contributed by atoms with Crippen molar-refractivity contribution in [3.8, 4) is 16.9 Å². The number of aromatic nitrogens is 4. The van der Waals surface area contributed by atoms with Gasteiger partial charge in [0, 0.05) is 5.39 Å². The van der Waals surface area contributed by atoms with E-state index in [9.17, 15) is 0 Å². The molecule has 0 atom stereocenters. The lowest BCUT2D eigenvalue weighted by Crippen LogP contribution is -1.95. The molecule has 3 aromatic heterocycles. The van der Waals surface area contributed by atoms with Gasteiger partial charge < -0.3 is 14.2 Å². The van der Waals surface area contributed by atoms with Crippen LogP contribution < -0.4 is 4.74 Å². The van der Waals surface area contributed by atoms with Crippen molar-refractivity contribution >= 4 is 33.5 Å². The van der Waals surface area contributed by atoms with Crippen LogP contribution in [0.3, 0.4) is 0 Å². The SMILES string of the molecule is COc1cc2c([nH]c3nc(C)nc(Cl)c32)c(F)c1-c1c(C)noc1C. The van der Waals surface area contributed by atoms with Crippen molar-refractivity contribution in [1.29, 1.82) is 0 Å². The van der Waals surface area contributed by atoms with Gasteiger partial charge in [-0.1, -0.05) is 16.8 Å². The minimum absolute atomic E-state index is 0.264. The first-order chi connectivity index (χ1) is 11.9. The molecule has 0 saturated heterocycles. The van der Waals surface area contributed by atoms with Crippen LogP contribution in [0.2, 0.25) is 5.15 Å². The molecule has 0 amide bonds. The minimum atomic E-state index is -0.476. The Morgan fingerprint density at radius 1 is 1.20 bits per heavy atom. The molecule has 3 heterocycles. The summed E-state index contributed by atoms with van der Waals surface area (Å²) in [5, 5.41) is 5.29. The van der Waals surface area contributed by atoms with E-state index in [0.717, 1.165) is 0 Å². The fraction of sp³-hybridized carbons (Fsp3) is 0.235. The lowest BCUT2D eigenvalue weighted by molar-refractivity contribution is 0.393. The van der Waals surface area contributed by atoms with Crippen LogP contribution in [0.4, 0.5) is 4.39 Å². The molecule has 0 aliphatic carbocycles. The number of aryl methyl sites for hydroxylation is 3. The van der Waals surface area contributed by atoms with Gasteiger partial charge in [0.1, 0.15) is 28.1 Å². The van der Waals surface area contributed by atoms with Gasteiger partial charge in [-0.25, -0.2) is 14.4 Å². The number of halogens is 2. The van der Waals surface area contributed by atoms with Crippen LogP contribution in [0.15, 0.2) is 10.6 Å². The van der Waals surface area contributed by atoms with Crippen molar-refractivity contribution in [3.63, 3.8) is 0 Å². The smallest absolute Gasteiger partial charge is 0.159 e. The summed E-state index contributed by atoms with van der Waals surface area (Å²) < 4.78 is 26.1. The minimum Gasteiger partial charge on any atom is -0.496 e. The van der Waals surface area contributed by atoms with Crippen LogP contribution in [0.5, 0.6) is 5.75 Å². The van der Waals surface area contributed by atoms with Gasteiger partial charge in [0.25, 0.3) is 0 Å². The summed E-state index contributed by atoms with van der Waals surface area (Å²) in [6.45, 7) is 5.21. The first kappa shape index (κ1) is 15.8. The molecule has 0 bridgehead atoms. The van der Waals surface area contributed by atoms with Gasteiger partial charge in [-0.05, 0) is 26.8 Å².